The highest BCUT2D eigenvalue weighted by Gasteiger charge is 2.16. The van der Waals surface area contributed by atoms with Crippen LogP contribution in [0.2, 0.25) is 0 Å². The second-order valence-electron chi connectivity index (χ2n) is 5.41. The van der Waals surface area contributed by atoms with Crippen molar-refractivity contribution in [3.63, 3.8) is 0 Å². The Morgan fingerprint density at radius 2 is 2.09 bits per heavy atom. The molecule has 1 aromatic carbocycles. The smallest absolute Gasteiger partial charge is 0.328 e. The third-order valence-electron chi connectivity index (χ3n) is 3.59. The van der Waals surface area contributed by atoms with Crippen molar-refractivity contribution in [2.24, 2.45) is 0 Å². The van der Waals surface area contributed by atoms with Crippen LogP contribution in [0.3, 0.4) is 0 Å². The molecule has 23 heavy (non-hydrogen) atoms. The zero-order valence-corrected chi connectivity index (χ0v) is 15.1. The van der Waals surface area contributed by atoms with Crippen LogP contribution in [0.15, 0.2) is 24.3 Å². The second-order valence-corrected chi connectivity index (χ2v) is 6.40. The van der Waals surface area contributed by atoms with Gasteiger partial charge in [0.1, 0.15) is 6.04 Å². The fraction of sp³-hybridized carbons (Fsp3) is 0.529. The van der Waals surface area contributed by atoms with Gasteiger partial charge in [0.05, 0.1) is 7.11 Å². The van der Waals surface area contributed by atoms with Gasteiger partial charge in [0.15, 0.2) is 0 Å². The van der Waals surface area contributed by atoms with Gasteiger partial charge in [0.2, 0.25) is 0 Å². The van der Waals surface area contributed by atoms with Crippen molar-refractivity contribution in [3.8, 4) is 0 Å². The lowest BCUT2D eigenvalue weighted by Crippen LogP contribution is -2.39. The van der Waals surface area contributed by atoms with E-state index in [1.807, 2.05) is 18.2 Å². The number of methoxy groups -OCH3 is 1. The predicted octanol–water partition coefficient (Wildman–Crippen LogP) is 2.51. The van der Waals surface area contributed by atoms with Crippen LogP contribution in [0.1, 0.15) is 35.7 Å². The minimum atomic E-state index is -0.654. The number of carbonyl (C=O) groups excluding carboxylic acids is 2. The first-order chi connectivity index (χ1) is 11.0. The monoisotopic (exact) mass is 338 g/mol. The van der Waals surface area contributed by atoms with E-state index in [1.54, 1.807) is 24.9 Å². The average Bonchev–Trinajstić information content (AvgIpc) is 2.57. The first-order valence-electron chi connectivity index (χ1n) is 7.70. The predicted molar refractivity (Wildman–Crippen MR) is 94.5 cm³/mol. The largest absolute Gasteiger partial charge is 0.467 e. The van der Waals surface area contributed by atoms with Gasteiger partial charge in [-0.25, -0.2) is 4.79 Å². The van der Waals surface area contributed by atoms with Crippen molar-refractivity contribution in [3.05, 3.63) is 35.4 Å². The zero-order valence-electron chi connectivity index (χ0n) is 14.3. The van der Waals surface area contributed by atoms with Crippen LogP contribution in [0.4, 0.5) is 0 Å². The number of carbonyl (C=O) groups is 2. The van der Waals surface area contributed by atoms with Gasteiger partial charge < -0.3 is 10.1 Å². The van der Waals surface area contributed by atoms with Crippen molar-refractivity contribution in [1.82, 2.24) is 9.62 Å². The number of unbranched alkanes of at least 4 members (excludes halogenated alkanes) is 1. The molecule has 0 radical (unpaired) electrons. The molecule has 0 aromatic heterocycles. The van der Waals surface area contributed by atoms with Crippen LogP contribution in [-0.2, 0) is 16.0 Å². The maximum absolute atomic E-state index is 12.2. The molecule has 0 spiro atoms. The van der Waals surface area contributed by atoms with E-state index in [4.69, 9.17) is 0 Å². The molecule has 6 heteroatoms. The summed E-state index contributed by atoms with van der Waals surface area (Å²) in [5.41, 5.74) is 1.70. The quantitative estimate of drug-likeness (QED) is 0.426. The van der Waals surface area contributed by atoms with Gasteiger partial charge in [-0.2, -0.15) is 0 Å². The van der Waals surface area contributed by atoms with Crippen molar-refractivity contribution < 1.29 is 14.3 Å². The third kappa shape index (κ3) is 7.05. The Morgan fingerprint density at radius 1 is 1.35 bits per heavy atom. The normalized spacial score (nSPS) is 12.0. The minimum absolute atomic E-state index is 0.258. The van der Waals surface area contributed by atoms with Crippen LogP contribution < -0.4 is 5.32 Å². The summed E-state index contributed by atoms with van der Waals surface area (Å²) in [6.07, 6.45) is 5.20. The summed E-state index contributed by atoms with van der Waals surface area (Å²) < 4.78 is 6.81. The number of rotatable bonds is 9. The summed E-state index contributed by atoms with van der Waals surface area (Å²) in [5.74, 6) is -0.709. The van der Waals surface area contributed by atoms with Gasteiger partial charge >= 0.3 is 5.97 Å². The van der Waals surface area contributed by atoms with Gasteiger partial charge in [0, 0.05) is 12.1 Å². The van der Waals surface area contributed by atoms with E-state index < -0.39 is 12.0 Å². The molecule has 1 aromatic rings. The van der Waals surface area contributed by atoms with Crippen molar-refractivity contribution in [1.29, 1.82) is 0 Å². The molecule has 1 N–H and O–H groups in total. The number of hydrogen-bond acceptors (Lipinski definition) is 5. The first kappa shape index (κ1) is 19.5. The highest BCUT2D eigenvalue weighted by atomic mass is 32.2. The average molecular weight is 338 g/mol. The van der Waals surface area contributed by atoms with Gasteiger partial charge in [-0.3, -0.25) is 9.10 Å². The summed E-state index contributed by atoms with van der Waals surface area (Å²) in [6.45, 7) is 2.66. The topological polar surface area (TPSA) is 58.6 Å². The molecule has 1 atom stereocenters. The summed E-state index contributed by atoms with van der Waals surface area (Å²) in [4.78, 5) is 23.5. The summed E-state index contributed by atoms with van der Waals surface area (Å²) >= 11 is 1.73. The van der Waals surface area contributed by atoms with Gasteiger partial charge in [-0.15, -0.1) is 0 Å². The van der Waals surface area contributed by atoms with E-state index in [9.17, 15) is 9.59 Å². The summed E-state index contributed by atoms with van der Waals surface area (Å²) in [5, 5.41) is 2.64. The van der Waals surface area contributed by atoms with E-state index in [2.05, 4.69) is 27.7 Å². The van der Waals surface area contributed by atoms with Gasteiger partial charge in [-0.05, 0) is 57.2 Å². The molecule has 0 fully saturated rings. The molecule has 128 valence electrons. The van der Waals surface area contributed by atoms with Gasteiger partial charge in [-0.1, -0.05) is 24.1 Å². The number of amides is 1. The number of aryl methyl sites for hydroxylation is 1. The Bertz CT molecular complexity index is 522. The van der Waals surface area contributed by atoms with Crippen molar-refractivity contribution in [2.75, 3.05) is 27.0 Å². The number of benzene rings is 1. The Hall–Kier alpha value is -1.53. The third-order valence-corrected chi connectivity index (χ3v) is 4.40. The molecule has 1 rings (SSSR count). The van der Waals surface area contributed by atoms with Crippen molar-refractivity contribution >= 4 is 23.8 Å². The Balaban J connectivity index is 2.52. The lowest BCUT2D eigenvalue weighted by molar-refractivity contribution is -0.142. The molecule has 0 aliphatic rings. The van der Waals surface area contributed by atoms with Crippen LogP contribution in [0.25, 0.3) is 0 Å². The standard InChI is InChI=1S/C17H26N2O3S/c1-13(17(21)22-3)18-16(20)15-10-7-9-14(12-15)8-5-6-11-19(2)23-4/h7,9-10,12-13H,5-6,8,11H2,1-4H3,(H,18,20)/t13-/m1/s1. The zero-order chi connectivity index (χ0) is 17.2. The summed E-state index contributed by atoms with van der Waals surface area (Å²) in [6, 6.07) is 6.89. The molecule has 0 bridgehead atoms. The number of ether oxygens (including phenoxy) is 1. The van der Waals surface area contributed by atoms with E-state index in [-0.39, 0.29) is 5.91 Å². The van der Waals surface area contributed by atoms with E-state index in [1.165, 1.54) is 7.11 Å². The first-order valence-corrected chi connectivity index (χ1v) is 8.89. The molecule has 5 nitrogen and oxygen atoms in total. The Morgan fingerprint density at radius 3 is 2.74 bits per heavy atom. The Kier molecular flexibility index (Phi) is 8.73. The SMILES string of the molecule is COC(=O)[C@@H](C)NC(=O)c1cccc(CCCCN(C)SC)c1. The lowest BCUT2D eigenvalue weighted by Gasteiger charge is -2.13. The molecule has 0 saturated heterocycles. The maximum Gasteiger partial charge on any atom is 0.328 e. The second kappa shape index (κ2) is 10.3. The molecular formula is C17H26N2O3S. The molecule has 1 amide bonds. The Labute approximate surface area is 142 Å². The highest BCUT2D eigenvalue weighted by Crippen LogP contribution is 2.11. The number of nitrogens with zero attached hydrogens (tertiary/aromatic N) is 1. The highest BCUT2D eigenvalue weighted by molar-refractivity contribution is 7.96. The number of hydrogen-bond donors (Lipinski definition) is 1. The van der Waals surface area contributed by atoms with E-state index >= 15 is 0 Å². The van der Waals surface area contributed by atoms with Crippen molar-refractivity contribution in [2.45, 2.75) is 32.2 Å². The maximum atomic E-state index is 12.2. The van der Waals surface area contributed by atoms with Crippen LogP contribution in [0, 0.1) is 0 Å². The summed E-state index contributed by atoms with van der Waals surface area (Å²) in [7, 11) is 3.39. The number of esters is 1. The lowest BCUT2D eigenvalue weighted by atomic mass is 10.0. The minimum Gasteiger partial charge on any atom is -0.467 e. The molecular weight excluding hydrogens is 312 g/mol. The molecule has 0 unspecified atom stereocenters. The van der Waals surface area contributed by atoms with E-state index in [0.29, 0.717) is 5.56 Å². The molecule has 0 heterocycles. The molecule has 0 aliphatic carbocycles. The van der Waals surface area contributed by atoms with Crippen LogP contribution in [0.5, 0.6) is 0 Å². The van der Waals surface area contributed by atoms with E-state index in [0.717, 1.165) is 31.4 Å². The van der Waals surface area contributed by atoms with Crippen LogP contribution >= 0.6 is 11.9 Å². The molecule has 0 saturated carbocycles. The number of nitrogens with one attached hydrogen (secondary N) is 1. The molecule has 0 aliphatic heterocycles. The fourth-order valence-corrected chi connectivity index (χ4v) is 2.45. The fourth-order valence-electron chi connectivity index (χ4n) is 2.14. The van der Waals surface area contributed by atoms with Crippen LogP contribution in [-0.4, -0.2) is 49.2 Å². The van der Waals surface area contributed by atoms with Gasteiger partial charge in [0.25, 0.3) is 5.91 Å².